The fraction of sp³-hybridized carbons (Fsp3) is 0.0625. The lowest BCUT2D eigenvalue weighted by molar-refractivity contribution is 0.952. The van der Waals surface area contributed by atoms with E-state index in [0.29, 0.717) is 6.54 Å². The number of rotatable bonds is 7. The molecule has 0 amide bonds. The van der Waals surface area contributed by atoms with Gasteiger partial charge in [0.25, 0.3) is 0 Å². The molecule has 5 aromatic carbocycles. The van der Waals surface area contributed by atoms with Crippen molar-refractivity contribution < 1.29 is 0 Å². The van der Waals surface area contributed by atoms with Gasteiger partial charge in [-0.1, -0.05) is 152 Å². The highest BCUT2D eigenvalue weighted by Crippen LogP contribution is 2.74. The van der Waals surface area contributed by atoms with Crippen molar-refractivity contribution in [2.24, 2.45) is 13.5 Å². The van der Waals surface area contributed by atoms with Crippen molar-refractivity contribution >= 4 is 43.0 Å². The quantitative estimate of drug-likeness (QED) is 0.200. The fourth-order valence-electron chi connectivity index (χ4n) is 4.90. The lowest BCUT2D eigenvalue weighted by atomic mass is 10.2. The second-order valence-electron chi connectivity index (χ2n) is 9.55. The SMILES string of the molecule is CP1(NCc2ccccc2)=NP(c2ccccc2)(c2ccccc2)=NP(c2ccccc2)(c2ccccc2)=N1. The van der Waals surface area contributed by atoms with E-state index in [1.807, 2.05) is 0 Å². The van der Waals surface area contributed by atoms with Crippen LogP contribution in [-0.4, -0.2) is 6.66 Å². The number of hydrogen-bond acceptors (Lipinski definition) is 4. The van der Waals surface area contributed by atoms with Gasteiger partial charge in [0.2, 0.25) is 0 Å². The summed E-state index contributed by atoms with van der Waals surface area (Å²) in [5.41, 5.74) is 1.22. The van der Waals surface area contributed by atoms with Gasteiger partial charge in [-0.3, -0.25) is 5.09 Å². The maximum absolute atomic E-state index is 5.95. The first-order chi connectivity index (χ1) is 19.1. The van der Waals surface area contributed by atoms with Crippen molar-refractivity contribution in [2.45, 2.75) is 6.54 Å². The maximum Gasteiger partial charge on any atom is 0.141 e. The van der Waals surface area contributed by atoms with Crippen molar-refractivity contribution in [3.05, 3.63) is 157 Å². The highest BCUT2D eigenvalue weighted by atomic mass is 31.3. The Balaban J connectivity index is 1.73. The van der Waals surface area contributed by atoms with Crippen LogP contribution in [0.15, 0.2) is 165 Å². The molecular weight excluding hydrogens is 533 g/mol. The van der Waals surface area contributed by atoms with Gasteiger partial charge in [0.1, 0.15) is 21.8 Å². The topological polar surface area (TPSA) is 49.1 Å². The summed E-state index contributed by atoms with van der Waals surface area (Å²) in [6.45, 7) is 2.93. The van der Waals surface area contributed by atoms with Crippen molar-refractivity contribution in [3.63, 3.8) is 0 Å². The van der Waals surface area contributed by atoms with Crippen LogP contribution in [0.4, 0.5) is 0 Å². The highest BCUT2D eigenvalue weighted by molar-refractivity contribution is 7.96. The van der Waals surface area contributed by atoms with Gasteiger partial charge >= 0.3 is 0 Å². The van der Waals surface area contributed by atoms with Crippen LogP contribution < -0.4 is 26.3 Å². The first kappa shape index (κ1) is 26.0. The lowest BCUT2D eigenvalue weighted by Gasteiger charge is -2.36. The molecule has 0 radical (unpaired) electrons. The number of nitrogens with one attached hydrogen (secondary N) is 1. The summed E-state index contributed by atoms with van der Waals surface area (Å²) < 4.78 is 17.5. The zero-order valence-electron chi connectivity index (χ0n) is 21.8. The minimum atomic E-state index is -2.60. The number of benzene rings is 5. The Hall–Kier alpha value is -3.25. The third kappa shape index (κ3) is 5.19. The molecule has 1 aliphatic heterocycles. The first-order valence-electron chi connectivity index (χ1n) is 13.0. The van der Waals surface area contributed by atoms with Crippen LogP contribution in [0.5, 0.6) is 0 Å². The Kier molecular flexibility index (Phi) is 7.39. The van der Waals surface area contributed by atoms with Crippen molar-refractivity contribution in [1.82, 2.24) is 5.09 Å². The van der Waals surface area contributed by atoms with Gasteiger partial charge in [0.15, 0.2) is 0 Å². The minimum Gasteiger partial charge on any atom is -0.262 e. The third-order valence-electron chi connectivity index (χ3n) is 6.76. The van der Waals surface area contributed by atoms with Gasteiger partial charge in [0.05, 0.1) is 0 Å². The van der Waals surface area contributed by atoms with Crippen LogP contribution in [0.3, 0.4) is 0 Å². The van der Waals surface area contributed by atoms with Gasteiger partial charge < -0.3 is 0 Å². The van der Waals surface area contributed by atoms with Crippen LogP contribution in [0.2, 0.25) is 0 Å². The molecule has 1 aliphatic rings. The molecule has 6 rings (SSSR count). The molecule has 0 spiro atoms. The summed E-state index contributed by atoms with van der Waals surface area (Å²) in [7, 11) is -7.62. The predicted octanol–water partition coefficient (Wildman–Crippen LogP) is 7.99. The van der Waals surface area contributed by atoms with E-state index in [1.165, 1.54) is 5.56 Å². The van der Waals surface area contributed by atoms with Crippen LogP contribution in [0, 0.1) is 0 Å². The molecule has 7 heteroatoms. The van der Waals surface area contributed by atoms with Crippen molar-refractivity contribution in [3.8, 4) is 0 Å². The molecule has 0 fully saturated rings. The molecule has 1 atom stereocenters. The van der Waals surface area contributed by atoms with Gasteiger partial charge in [-0.05, 0) is 5.56 Å². The van der Waals surface area contributed by atoms with Gasteiger partial charge in [-0.15, -0.1) is 0 Å². The Morgan fingerprint density at radius 3 is 1.15 bits per heavy atom. The zero-order valence-corrected chi connectivity index (χ0v) is 24.5. The lowest BCUT2D eigenvalue weighted by Crippen LogP contribution is -2.22. The maximum atomic E-state index is 5.95. The van der Waals surface area contributed by atoms with E-state index in [-0.39, 0.29) is 0 Å². The van der Waals surface area contributed by atoms with Gasteiger partial charge in [0, 0.05) is 34.4 Å². The Morgan fingerprint density at radius 2 is 0.769 bits per heavy atom. The Bertz CT molecular complexity index is 1550. The van der Waals surface area contributed by atoms with E-state index in [2.05, 4.69) is 163 Å². The molecule has 39 heavy (non-hydrogen) atoms. The fourth-order valence-corrected chi connectivity index (χ4v) is 19.1. The monoisotopic (exact) mass is 564 g/mol. The van der Waals surface area contributed by atoms with E-state index in [9.17, 15) is 0 Å². The molecule has 0 aromatic heterocycles. The molecule has 194 valence electrons. The smallest absolute Gasteiger partial charge is 0.141 e. The number of nitrogens with zero attached hydrogens (tertiary/aromatic N) is 3. The Morgan fingerprint density at radius 1 is 0.436 bits per heavy atom. The Labute approximate surface area is 231 Å². The third-order valence-corrected chi connectivity index (χ3v) is 18.5. The predicted molar refractivity (Wildman–Crippen MR) is 172 cm³/mol. The highest BCUT2D eigenvalue weighted by Gasteiger charge is 2.38. The summed E-state index contributed by atoms with van der Waals surface area (Å²) in [4.78, 5) is 0. The molecule has 0 aliphatic carbocycles. The van der Waals surface area contributed by atoms with Gasteiger partial charge in [-0.2, -0.15) is 0 Å². The van der Waals surface area contributed by atoms with Crippen molar-refractivity contribution in [2.75, 3.05) is 6.66 Å². The second-order valence-corrected chi connectivity index (χ2v) is 18.3. The van der Waals surface area contributed by atoms with E-state index < -0.39 is 21.8 Å². The summed E-state index contributed by atoms with van der Waals surface area (Å²) in [5.74, 6) is 0. The minimum absolute atomic E-state index is 0.700. The first-order valence-corrected chi connectivity index (χ1v) is 18.6. The van der Waals surface area contributed by atoms with Crippen LogP contribution in [0.25, 0.3) is 0 Å². The number of hydrogen-bond donors (Lipinski definition) is 1. The summed E-state index contributed by atoms with van der Waals surface area (Å²) in [6, 6.07) is 53.2. The van der Waals surface area contributed by atoms with Crippen molar-refractivity contribution in [1.29, 1.82) is 0 Å². The summed E-state index contributed by atoms with van der Waals surface area (Å²) in [6.07, 6.45) is 0. The molecule has 1 unspecified atom stereocenters. The standard InChI is InChI=1S/C32H31N4P3/c1-37(33-27-28-17-7-2-8-18-28)34-38(29-19-9-3-10-20-29,30-21-11-4-12-22-30)36-39(35-37,31-23-13-5-14-24-31)32-25-15-6-16-26-32/h2-26,33H,27H2,1H3. The van der Waals surface area contributed by atoms with Crippen LogP contribution >= 0.6 is 21.8 Å². The zero-order chi connectivity index (χ0) is 26.6. The molecule has 1 heterocycles. The molecule has 1 N–H and O–H groups in total. The summed E-state index contributed by atoms with van der Waals surface area (Å²) >= 11 is 0. The normalized spacial score (nSPS) is 19.2. The molecule has 5 aromatic rings. The summed E-state index contributed by atoms with van der Waals surface area (Å²) in [5, 5.41) is 8.52. The molecule has 0 saturated heterocycles. The molecule has 0 bridgehead atoms. The largest absolute Gasteiger partial charge is 0.262 e. The van der Waals surface area contributed by atoms with Crippen LogP contribution in [-0.2, 0) is 6.54 Å². The van der Waals surface area contributed by atoms with E-state index in [0.717, 1.165) is 21.2 Å². The van der Waals surface area contributed by atoms with E-state index in [1.54, 1.807) is 0 Å². The molecule has 4 nitrogen and oxygen atoms in total. The second kappa shape index (κ2) is 11.1. The van der Waals surface area contributed by atoms with Gasteiger partial charge in [-0.25, -0.2) is 13.5 Å². The molecule has 0 saturated carbocycles. The van der Waals surface area contributed by atoms with Crippen LogP contribution in [0.1, 0.15) is 5.56 Å². The van der Waals surface area contributed by atoms with E-state index in [4.69, 9.17) is 13.5 Å². The average molecular weight is 565 g/mol. The molecular formula is C32H31N4P3. The average Bonchev–Trinajstić information content (AvgIpc) is 3.02. The van der Waals surface area contributed by atoms with E-state index >= 15 is 0 Å².